The summed E-state index contributed by atoms with van der Waals surface area (Å²) in [6.07, 6.45) is 1.60. The van der Waals surface area contributed by atoms with Crippen LogP contribution in [0.5, 0.6) is 0 Å². The molecule has 0 spiro atoms. The highest BCUT2D eigenvalue weighted by molar-refractivity contribution is 7.11. The number of rotatable bonds is 1. The van der Waals surface area contributed by atoms with E-state index in [1.165, 1.54) is 0 Å². The van der Waals surface area contributed by atoms with Crippen molar-refractivity contribution < 1.29 is 5.41 Å². The van der Waals surface area contributed by atoms with Gasteiger partial charge in [0.1, 0.15) is 0 Å². The summed E-state index contributed by atoms with van der Waals surface area (Å²) in [4.78, 5) is 1.13. The maximum atomic E-state index is 5.18. The Bertz CT molecular complexity index is 143. The van der Waals surface area contributed by atoms with E-state index in [9.17, 15) is 0 Å². The Morgan fingerprint density at radius 3 is 2.86 bits per heavy atom. The first-order chi connectivity index (χ1) is 3.43. The van der Waals surface area contributed by atoms with Crippen molar-refractivity contribution in [2.45, 2.75) is 0 Å². The summed E-state index contributed by atoms with van der Waals surface area (Å²) in [6.45, 7) is 0. The van der Waals surface area contributed by atoms with Crippen LogP contribution in [0.15, 0.2) is 17.5 Å². The van der Waals surface area contributed by atoms with Crippen LogP contribution in [-0.2, 0) is 0 Å². The first-order valence-corrected chi connectivity index (χ1v) is 2.90. The highest BCUT2D eigenvalue weighted by atomic mass is 32.1. The Morgan fingerprint density at radius 1 is 1.71 bits per heavy atom. The molecule has 0 aromatic carbocycles. The lowest BCUT2D eigenvalue weighted by Crippen LogP contribution is -2.29. The zero-order valence-electron chi connectivity index (χ0n) is 3.79. The molecule has 1 rings (SSSR count). The molecule has 1 aromatic rings. The highest BCUT2D eigenvalue weighted by Gasteiger charge is 1.84. The first kappa shape index (κ1) is 4.53. The Kier molecular flexibility index (Phi) is 1.22. The molecule has 1 heterocycles. The van der Waals surface area contributed by atoms with Gasteiger partial charge in [-0.15, -0.1) is 11.3 Å². The van der Waals surface area contributed by atoms with E-state index < -0.39 is 0 Å². The summed E-state index contributed by atoms with van der Waals surface area (Å²) in [5.74, 6) is 0. The Labute approximate surface area is 46.1 Å². The third-order valence-electron chi connectivity index (χ3n) is 0.707. The molecular weight excluding hydrogens is 106 g/mol. The van der Waals surface area contributed by atoms with E-state index in [1.54, 1.807) is 17.6 Å². The van der Waals surface area contributed by atoms with Gasteiger partial charge in [-0.05, 0) is 11.4 Å². The molecule has 36 valence electrons. The lowest BCUT2D eigenvalue weighted by atomic mass is 10.5. The van der Waals surface area contributed by atoms with Crippen LogP contribution in [-0.4, -0.2) is 6.21 Å². The molecule has 2 heteroatoms. The molecule has 0 atom stereocenters. The lowest BCUT2D eigenvalue weighted by Gasteiger charge is -1.64. The van der Waals surface area contributed by atoms with Gasteiger partial charge >= 0.3 is 0 Å². The van der Waals surface area contributed by atoms with Crippen molar-refractivity contribution in [2.75, 3.05) is 0 Å². The van der Waals surface area contributed by atoms with E-state index in [0.717, 1.165) is 4.88 Å². The van der Waals surface area contributed by atoms with Crippen molar-refractivity contribution in [3.63, 3.8) is 0 Å². The van der Waals surface area contributed by atoms with E-state index in [0.29, 0.717) is 0 Å². The van der Waals surface area contributed by atoms with E-state index in [4.69, 9.17) is 5.41 Å². The van der Waals surface area contributed by atoms with Crippen molar-refractivity contribution in [1.29, 1.82) is 0 Å². The van der Waals surface area contributed by atoms with Gasteiger partial charge in [-0.1, -0.05) is 6.07 Å². The third kappa shape index (κ3) is 0.871. The highest BCUT2D eigenvalue weighted by Crippen LogP contribution is 2.02. The van der Waals surface area contributed by atoms with Crippen LogP contribution in [0.4, 0.5) is 0 Å². The molecule has 0 unspecified atom stereocenters. The largest absolute Gasteiger partial charge is 0.259 e. The van der Waals surface area contributed by atoms with Crippen LogP contribution in [0.1, 0.15) is 4.88 Å². The SMILES string of the molecule is [NH2+]=Cc1cccs1. The van der Waals surface area contributed by atoms with Gasteiger partial charge in [0, 0.05) is 0 Å². The van der Waals surface area contributed by atoms with Gasteiger partial charge in [0.2, 0.25) is 0 Å². The summed E-state index contributed by atoms with van der Waals surface area (Å²) < 4.78 is 0. The quantitative estimate of drug-likeness (QED) is 0.492. The normalized spacial score (nSPS) is 8.57. The van der Waals surface area contributed by atoms with Crippen molar-refractivity contribution in [3.05, 3.63) is 22.4 Å². The van der Waals surface area contributed by atoms with Crippen LogP contribution >= 0.6 is 11.3 Å². The maximum Gasteiger partial charge on any atom is 0.177 e. The Morgan fingerprint density at radius 2 is 2.57 bits per heavy atom. The molecular formula is C5H6NS+. The molecule has 0 fully saturated rings. The fraction of sp³-hybridized carbons (Fsp3) is 0. The van der Waals surface area contributed by atoms with Gasteiger partial charge in [-0.2, -0.15) is 0 Å². The van der Waals surface area contributed by atoms with Crippen molar-refractivity contribution in [2.24, 2.45) is 0 Å². The smallest absolute Gasteiger partial charge is 0.177 e. The molecule has 0 aliphatic heterocycles. The molecule has 1 nitrogen and oxygen atoms in total. The van der Waals surface area contributed by atoms with Gasteiger partial charge in [-0.25, -0.2) is 0 Å². The second-order valence-corrected chi connectivity index (χ2v) is 2.16. The van der Waals surface area contributed by atoms with Gasteiger partial charge in [0.25, 0.3) is 0 Å². The minimum Gasteiger partial charge on any atom is -0.259 e. The zero-order chi connectivity index (χ0) is 5.11. The second kappa shape index (κ2) is 1.89. The van der Waals surface area contributed by atoms with Crippen LogP contribution in [0.25, 0.3) is 0 Å². The molecule has 0 aliphatic rings. The topological polar surface area (TPSA) is 25.6 Å². The summed E-state index contributed by atoms with van der Waals surface area (Å²) >= 11 is 1.64. The van der Waals surface area contributed by atoms with Crippen LogP contribution < -0.4 is 5.41 Å². The maximum absolute atomic E-state index is 5.18. The molecule has 0 radical (unpaired) electrons. The average molecular weight is 112 g/mol. The zero-order valence-corrected chi connectivity index (χ0v) is 4.61. The molecule has 2 N–H and O–H groups in total. The van der Waals surface area contributed by atoms with E-state index in [2.05, 4.69) is 0 Å². The Balaban J connectivity index is 2.96. The fourth-order valence-corrected chi connectivity index (χ4v) is 0.936. The molecule has 0 amide bonds. The number of hydrogen-bond donors (Lipinski definition) is 1. The van der Waals surface area contributed by atoms with Crippen molar-refractivity contribution >= 4 is 17.6 Å². The lowest BCUT2D eigenvalue weighted by molar-refractivity contribution is -0.104. The molecule has 0 aliphatic carbocycles. The monoisotopic (exact) mass is 112 g/mol. The fourth-order valence-electron chi connectivity index (χ4n) is 0.386. The number of hydrogen-bond acceptors (Lipinski definition) is 1. The standard InChI is InChI=1S/C5H5NS/c6-4-5-2-1-3-7-5/h1-4,6H/p+1. The summed E-state index contributed by atoms with van der Waals surface area (Å²) in [5, 5.41) is 7.18. The molecule has 1 aromatic heterocycles. The summed E-state index contributed by atoms with van der Waals surface area (Å²) in [5.41, 5.74) is 0. The predicted molar refractivity (Wildman–Crippen MR) is 31.4 cm³/mol. The third-order valence-corrected chi connectivity index (χ3v) is 1.54. The van der Waals surface area contributed by atoms with E-state index in [-0.39, 0.29) is 0 Å². The van der Waals surface area contributed by atoms with Gasteiger partial charge < -0.3 is 0 Å². The number of thiophene rings is 1. The molecule has 7 heavy (non-hydrogen) atoms. The Hall–Kier alpha value is -0.630. The summed E-state index contributed by atoms with van der Waals surface area (Å²) in [7, 11) is 0. The van der Waals surface area contributed by atoms with Crippen molar-refractivity contribution in [1.82, 2.24) is 0 Å². The van der Waals surface area contributed by atoms with Gasteiger partial charge in [-0.3, -0.25) is 5.41 Å². The van der Waals surface area contributed by atoms with Crippen molar-refractivity contribution in [3.8, 4) is 0 Å². The minimum atomic E-state index is 1.13. The second-order valence-electron chi connectivity index (χ2n) is 1.18. The molecule has 0 saturated heterocycles. The molecule has 0 bridgehead atoms. The summed E-state index contributed by atoms with van der Waals surface area (Å²) in [6, 6.07) is 3.95. The van der Waals surface area contributed by atoms with E-state index >= 15 is 0 Å². The van der Waals surface area contributed by atoms with Gasteiger partial charge in [0.15, 0.2) is 6.21 Å². The van der Waals surface area contributed by atoms with Crippen LogP contribution in [0, 0.1) is 0 Å². The van der Waals surface area contributed by atoms with Gasteiger partial charge in [0.05, 0.1) is 4.88 Å². The predicted octanol–water partition coefficient (Wildman–Crippen LogP) is -0.0739. The first-order valence-electron chi connectivity index (χ1n) is 2.02. The van der Waals surface area contributed by atoms with Crippen LogP contribution in [0.2, 0.25) is 0 Å². The number of nitrogens with two attached hydrogens (primary N) is 1. The minimum absolute atomic E-state index is 1.13. The molecule has 0 saturated carbocycles. The van der Waals surface area contributed by atoms with Crippen LogP contribution in [0.3, 0.4) is 0 Å². The average Bonchev–Trinajstić information content (AvgIpc) is 2.14. The van der Waals surface area contributed by atoms with E-state index in [1.807, 2.05) is 17.5 Å².